The van der Waals surface area contributed by atoms with Crippen molar-refractivity contribution in [2.75, 3.05) is 0 Å². The molecule has 2 aromatic heterocycles. The smallest absolute Gasteiger partial charge is 0.371 e. The number of hydrogen-bond acceptors (Lipinski definition) is 4. The molecule has 0 bridgehead atoms. The molecule has 0 amide bonds. The highest BCUT2D eigenvalue weighted by molar-refractivity contribution is 7.13. The maximum absolute atomic E-state index is 6.71. The third kappa shape index (κ3) is 1.60. The molecule has 0 spiro atoms. The molecule has 68 valence electrons. The average Bonchev–Trinajstić information content (AvgIpc) is 2.65. The molecule has 2 rings (SSSR count). The van der Waals surface area contributed by atoms with Gasteiger partial charge in [-0.3, -0.25) is 0 Å². The van der Waals surface area contributed by atoms with Gasteiger partial charge >= 0.3 is 5.95 Å². The van der Waals surface area contributed by atoms with E-state index in [4.69, 9.17) is 6.57 Å². The second kappa shape index (κ2) is 3.52. The van der Waals surface area contributed by atoms with E-state index in [0.717, 1.165) is 16.3 Å². The topological polar surface area (TPSA) is 43.0 Å². The van der Waals surface area contributed by atoms with E-state index < -0.39 is 0 Å². The average molecular weight is 202 g/mol. The molecule has 0 aromatic carbocycles. The van der Waals surface area contributed by atoms with E-state index in [1.54, 1.807) is 23.7 Å². The molecule has 2 heterocycles. The molecule has 0 aliphatic carbocycles. The summed E-state index contributed by atoms with van der Waals surface area (Å²) in [7, 11) is 0. The Bertz CT molecular complexity index is 480. The van der Waals surface area contributed by atoms with E-state index in [0.29, 0.717) is 0 Å². The number of hydrogen-bond donors (Lipinski definition) is 0. The van der Waals surface area contributed by atoms with Crippen LogP contribution in [0.1, 0.15) is 5.69 Å². The van der Waals surface area contributed by atoms with Gasteiger partial charge in [-0.05, 0) is 6.92 Å². The van der Waals surface area contributed by atoms with Crippen LogP contribution in [0, 0.1) is 13.5 Å². The molecule has 5 heteroatoms. The van der Waals surface area contributed by atoms with Crippen molar-refractivity contribution in [2.45, 2.75) is 6.92 Å². The van der Waals surface area contributed by atoms with Gasteiger partial charge in [0.25, 0.3) is 0 Å². The van der Waals surface area contributed by atoms with Gasteiger partial charge in [-0.25, -0.2) is 4.98 Å². The minimum atomic E-state index is 0.169. The molecule has 2 aromatic rings. The van der Waals surface area contributed by atoms with Gasteiger partial charge in [0.2, 0.25) is 0 Å². The highest BCUT2D eigenvalue weighted by Gasteiger charge is 2.05. The van der Waals surface area contributed by atoms with Crippen molar-refractivity contribution in [3.8, 4) is 10.6 Å². The van der Waals surface area contributed by atoms with Crippen LogP contribution in [-0.4, -0.2) is 15.0 Å². The van der Waals surface area contributed by atoms with Crippen molar-refractivity contribution in [3.05, 3.63) is 34.9 Å². The lowest BCUT2D eigenvalue weighted by Crippen LogP contribution is -1.82. The van der Waals surface area contributed by atoms with Gasteiger partial charge in [0, 0.05) is 11.1 Å². The maximum Gasteiger partial charge on any atom is 0.371 e. The predicted molar refractivity (Wildman–Crippen MR) is 54.1 cm³/mol. The van der Waals surface area contributed by atoms with Crippen molar-refractivity contribution in [2.24, 2.45) is 0 Å². The molecule has 0 radical (unpaired) electrons. The zero-order chi connectivity index (χ0) is 9.97. The Hall–Kier alpha value is -1.80. The largest absolute Gasteiger partial charge is 0.394 e. The summed E-state index contributed by atoms with van der Waals surface area (Å²) in [5.74, 6) is 0.169. The van der Waals surface area contributed by atoms with Crippen LogP contribution in [0.15, 0.2) is 17.8 Å². The standard InChI is InChI=1S/C9H6N4S/c1-6-5-14-8(13-6)7-3-11-9(10-2)12-4-7/h3-5H,1H3. The Balaban J connectivity index is 2.39. The summed E-state index contributed by atoms with van der Waals surface area (Å²) >= 11 is 1.55. The van der Waals surface area contributed by atoms with Crippen LogP contribution in [0.3, 0.4) is 0 Å². The van der Waals surface area contributed by atoms with Gasteiger partial charge in [-0.1, -0.05) is 0 Å². The number of aryl methyl sites for hydroxylation is 1. The quantitative estimate of drug-likeness (QED) is 0.667. The first-order valence-corrected chi connectivity index (χ1v) is 4.79. The van der Waals surface area contributed by atoms with E-state index in [-0.39, 0.29) is 5.95 Å². The highest BCUT2D eigenvalue weighted by atomic mass is 32.1. The van der Waals surface area contributed by atoms with Gasteiger partial charge in [-0.2, -0.15) is 9.97 Å². The van der Waals surface area contributed by atoms with Crippen molar-refractivity contribution in [3.63, 3.8) is 0 Å². The molecular formula is C9H6N4S. The Morgan fingerprint density at radius 1 is 1.36 bits per heavy atom. The van der Waals surface area contributed by atoms with E-state index in [1.165, 1.54) is 0 Å². The summed E-state index contributed by atoms with van der Waals surface area (Å²) in [6, 6.07) is 0. The van der Waals surface area contributed by atoms with Gasteiger partial charge in [-0.15, -0.1) is 17.9 Å². The number of thiazole rings is 1. The first-order valence-electron chi connectivity index (χ1n) is 3.91. The summed E-state index contributed by atoms with van der Waals surface area (Å²) in [5.41, 5.74) is 1.84. The third-order valence-electron chi connectivity index (χ3n) is 1.60. The highest BCUT2D eigenvalue weighted by Crippen LogP contribution is 2.22. The van der Waals surface area contributed by atoms with E-state index >= 15 is 0 Å². The summed E-state index contributed by atoms with van der Waals surface area (Å²) in [5, 5.41) is 2.86. The zero-order valence-corrected chi connectivity index (χ0v) is 8.25. The van der Waals surface area contributed by atoms with Crippen molar-refractivity contribution in [1.82, 2.24) is 15.0 Å². The normalized spacial score (nSPS) is 9.71. The van der Waals surface area contributed by atoms with E-state index in [1.807, 2.05) is 12.3 Å². The van der Waals surface area contributed by atoms with Crippen LogP contribution in [-0.2, 0) is 0 Å². The fraction of sp³-hybridized carbons (Fsp3) is 0.111. The lowest BCUT2D eigenvalue weighted by atomic mass is 10.3. The molecule has 14 heavy (non-hydrogen) atoms. The third-order valence-corrected chi connectivity index (χ3v) is 2.61. The SMILES string of the molecule is [C-]#[N+]c1ncc(-c2nc(C)cs2)cn1. The van der Waals surface area contributed by atoms with Crippen LogP contribution >= 0.6 is 11.3 Å². The van der Waals surface area contributed by atoms with Gasteiger partial charge in [0.05, 0.1) is 18.0 Å². The molecule has 0 fully saturated rings. The summed E-state index contributed by atoms with van der Waals surface area (Å²) in [6.45, 7) is 8.65. The van der Waals surface area contributed by atoms with Crippen LogP contribution in [0.5, 0.6) is 0 Å². The fourth-order valence-electron chi connectivity index (χ4n) is 0.976. The van der Waals surface area contributed by atoms with Crippen LogP contribution in [0.25, 0.3) is 15.4 Å². The molecule has 4 nitrogen and oxygen atoms in total. The van der Waals surface area contributed by atoms with E-state index in [2.05, 4.69) is 19.8 Å². The van der Waals surface area contributed by atoms with Gasteiger partial charge in [0.15, 0.2) is 0 Å². The van der Waals surface area contributed by atoms with E-state index in [9.17, 15) is 0 Å². The molecule has 0 unspecified atom stereocenters. The number of nitrogens with zero attached hydrogens (tertiary/aromatic N) is 4. The van der Waals surface area contributed by atoms with Crippen LogP contribution < -0.4 is 0 Å². The molecule has 0 atom stereocenters. The second-order valence-electron chi connectivity index (χ2n) is 2.68. The first-order chi connectivity index (χ1) is 6.79. The Labute approximate surface area is 85.1 Å². The minimum absolute atomic E-state index is 0.169. The summed E-state index contributed by atoms with van der Waals surface area (Å²) in [6.07, 6.45) is 3.25. The Kier molecular flexibility index (Phi) is 2.21. The maximum atomic E-state index is 6.71. The molecule has 0 saturated heterocycles. The minimum Gasteiger partial charge on any atom is -0.394 e. The summed E-state index contributed by atoms with van der Waals surface area (Å²) in [4.78, 5) is 15.2. The van der Waals surface area contributed by atoms with Gasteiger partial charge < -0.3 is 4.85 Å². The predicted octanol–water partition coefficient (Wildman–Crippen LogP) is 2.46. The van der Waals surface area contributed by atoms with Gasteiger partial charge in [0.1, 0.15) is 5.01 Å². The van der Waals surface area contributed by atoms with Crippen molar-refractivity contribution >= 4 is 17.3 Å². The Morgan fingerprint density at radius 2 is 2.07 bits per heavy atom. The fourth-order valence-corrected chi connectivity index (χ4v) is 1.75. The zero-order valence-electron chi connectivity index (χ0n) is 7.43. The summed E-state index contributed by atoms with van der Waals surface area (Å²) < 4.78 is 0. The van der Waals surface area contributed by atoms with Crippen LogP contribution in [0.2, 0.25) is 0 Å². The first kappa shape index (κ1) is 8.78. The van der Waals surface area contributed by atoms with Crippen molar-refractivity contribution in [1.29, 1.82) is 0 Å². The molecular weight excluding hydrogens is 196 g/mol. The lowest BCUT2D eigenvalue weighted by Gasteiger charge is -1.90. The van der Waals surface area contributed by atoms with Crippen LogP contribution in [0.4, 0.5) is 5.95 Å². The number of aromatic nitrogens is 3. The van der Waals surface area contributed by atoms with Crippen molar-refractivity contribution < 1.29 is 0 Å². The number of rotatable bonds is 1. The molecule has 0 aliphatic heterocycles. The second-order valence-corrected chi connectivity index (χ2v) is 3.54. The monoisotopic (exact) mass is 202 g/mol. The Morgan fingerprint density at radius 3 is 2.57 bits per heavy atom. The molecule has 0 saturated carbocycles. The molecule has 0 aliphatic rings. The lowest BCUT2D eigenvalue weighted by molar-refractivity contribution is 1.19. The molecule has 0 N–H and O–H groups in total.